The smallest absolute Gasteiger partial charge is 0.419 e. The Bertz CT molecular complexity index is 998. The molecule has 2 aromatic carbocycles. The summed E-state index contributed by atoms with van der Waals surface area (Å²) in [6, 6.07) is 10.8. The maximum absolute atomic E-state index is 11.6. The number of halogens is 1. The summed E-state index contributed by atoms with van der Waals surface area (Å²) in [5.74, 6) is 0.0862. The molecule has 1 heterocycles. The largest absolute Gasteiger partial charge is 0.501 e. The van der Waals surface area contributed by atoms with Crippen LogP contribution in [0.25, 0.3) is 11.0 Å². The van der Waals surface area contributed by atoms with Gasteiger partial charge in [-0.3, -0.25) is 10.1 Å². The van der Waals surface area contributed by atoms with E-state index in [2.05, 4.69) is 0 Å². The number of aromatic hydroxyl groups is 1. The number of ether oxygens (including phenoxy) is 2. The topological polar surface area (TPSA) is 112 Å². The molecule has 9 heteroatoms. The van der Waals surface area contributed by atoms with Gasteiger partial charge in [0.2, 0.25) is 12.5 Å². The fourth-order valence-corrected chi connectivity index (χ4v) is 2.23. The molecular formula is C16H10ClNO7. The molecule has 0 fully saturated rings. The van der Waals surface area contributed by atoms with Gasteiger partial charge in [-0.05, 0) is 36.4 Å². The molecule has 0 saturated carbocycles. The van der Waals surface area contributed by atoms with E-state index in [0.29, 0.717) is 10.8 Å². The summed E-state index contributed by atoms with van der Waals surface area (Å²) in [6.45, 7) is -0.129. The zero-order chi connectivity index (χ0) is 18.0. The van der Waals surface area contributed by atoms with Crippen molar-refractivity contribution in [2.45, 2.75) is 0 Å². The molecule has 128 valence electrons. The van der Waals surface area contributed by atoms with Crippen LogP contribution in [0.15, 0.2) is 51.7 Å². The molecule has 0 radical (unpaired) electrons. The highest BCUT2D eigenvalue weighted by molar-refractivity contribution is 6.30. The van der Waals surface area contributed by atoms with Gasteiger partial charge in [-0.1, -0.05) is 11.6 Å². The van der Waals surface area contributed by atoms with Gasteiger partial charge in [0.1, 0.15) is 17.1 Å². The standard InChI is InChI=1S/C16H10ClNO7/c17-9-1-3-10(4-2-9)23-8-24-11-5-6-12-13(7-11)25-16(20)14(15(12)19)18(21)22/h1-7,19H,8H2. The Balaban J connectivity index is 1.79. The van der Waals surface area contributed by atoms with Crippen LogP contribution in [-0.2, 0) is 0 Å². The highest BCUT2D eigenvalue weighted by atomic mass is 35.5. The van der Waals surface area contributed by atoms with Crippen molar-refractivity contribution in [1.29, 1.82) is 0 Å². The first kappa shape index (κ1) is 16.6. The molecule has 0 bridgehead atoms. The number of rotatable bonds is 5. The highest BCUT2D eigenvalue weighted by Gasteiger charge is 2.24. The number of hydrogen-bond acceptors (Lipinski definition) is 7. The highest BCUT2D eigenvalue weighted by Crippen LogP contribution is 2.32. The van der Waals surface area contributed by atoms with Gasteiger partial charge in [-0.2, -0.15) is 0 Å². The quantitative estimate of drug-likeness (QED) is 0.319. The summed E-state index contributed by atoms with van der Waals surface area (Å²) in [7, 11) is 0. The predicted octanol–water partition coefficient (Wildman–Crippen LogP) is 3.48. The Morgan fingerprint density at radius 3 is 2.44 bits per heavy atom. The Morgan fingerprint density at radius 1 is 1.12 bits per heavy atom. The van der Waals surface area contributed by atoms with Gasteiger partial charge >= 0.3 is 11.3 Å². The molecule has 0 unspecified atom stereocenters. The summed E-state index contributed by atoms with van der Waals surface area (Å²) in [5, 5.41) is 21.2. The van der Waals surface area contributed by atoms with Crippen molar-refractivity contribution in [2.75, 3.05) is 6.79 Å². The molecule has 0 aliphatic heterocycles. The molecule has 1 aromatic heterocycles. The second-order valence-corrected chi connectivity index (χ2v) is 5.30. The van der Waals surface area contributed by atoms with Gasteiger partial charge in [-0.25, -0.2) is 4.79 Å². The van der Waals surface area contributed by atoms with Crippen LogP contribution in [0.5, 0.6) is 17.2 Å². The summed E-state index contributed by atoms with van der Waals surface area (Å²) < 4.78 is 15.6. The first-order chi connectivity index (χ1) is 12.0. The first-order valence-electron chi connectivity index (χ1n) is 6.91. The second-order valence-electron chi connectivity index (χ2n) is 4.86. The summed E-state index contributed by atoms with van der Waals surface area (Å²) in [4.78, 5) is 21.4. The first-order valence-corrected chi connectivity index (χ1v) is 7.29. The van der Waals surface area contributed by atoms with Crippen molar-refractivity contribution in [3.63, 3.8) is 0 Å². The third-order valence-corrected chi connectivity index (χ3v) is 3.53. The van der Waals surface area contributed by atoms with Crippen LogP contribution >= 0.6 is 11.6 Å². The zero-order valence-corrected chi connectivity index (χ0v) is 13.2. The lowest BCUT2D eigenvalue weighted by Gasteiger charge is -2.09. The fraction of sp³-hybridized carbons (Fsp3) is 0.0625. The van der Waals surface area contributed by atoms with Crippen LogP contribution < -0.4 is 15.1 Å². The van der Waals surface area contributed by atoms with Crippen molar-refractivity contribution in [1.82, 2.24) is 0 Å². The van der Waals surface area contributed by atoms with Gasteiger partial charge in [0, 0.05) is 11.1 Å². The average molecular weight is 364 g/mol. The Labute approximate surface area is 144 Å². The molecule has 0 saturated heterocycles. The summed E-state index contributed by atoms with van der Waals surface area (Å²) >= 11 is 5.77. The van der Waals surface area contributed by atoms with Crippen molar-refractivity contribution < 1.29 is 23.9 Å². The Hall–Kier alpha value is -3.26. The molecular weight excluding hydrogens is 354 g/mol. The van der Waals surface area contributed by atoms with Crippen LogP contribution in [0.1, 0.15) is 0 Å². The third-order valence-electron chi connectivity index (χ3n) is 3.28. The number of fused-ring (bicyclic) bond motifs is 1. The minimum atomic E-state index is -1.25. The van der Waals surface area contributed by atoms with Crippen LogP contribution in [-0.4, -0.2) is 16.8 Å². The number of benzene rings is 2. The lowest BCUT2D eigenvalue weighted by molar-refractivity contribution is -0.388. The van der Waals surface area contributed by atoms with Crippen molar-refractivity contribution in [2.24, 2.45) is 0 Å². The molecule has 1 N–H and O–H groups in total. The SMILES string of the molecule is O=c1oc2cc(OCOc3ccc(Cl)cc3)ccc2c(O)c1[N+](=O)[O-]. The van der Waals surface area contributed by atoms with E-state index in [0.717, 1.165) is 0 Å². The minimum Gasteiger partial charge on any atom is -0.501 e. The van der Waals surface area contributed by atoms with Gasteiger partial charge in [-0.15, -0.1) is 0 Å². The second kappa shape index (κ2) is 6.70. The van der Waals surface area contributed by atoms with E-state index in [9.17, 15) is 20.0 Å². The van der Waals surface area contributed by atoms with Gasteiger partial charge in [0.05, 0.1) is 10.3 Å². The van der Waals surface area contributed by atoms with E-state index in [4.69, 9.17) is 25.5 Å². The van der Waals surface area contributed by atoms with Crippen LogP contribution in [0.4, 0.5) is 5.69 Å². The minimum absolute atomic E-state index is 0.0252. The van der Waals surface area contributed by atoms with Crippen LogP contribution in [0.3, 0.4) is 0 Å². The monoisotopic (exact) mass is 363 g/mol. The maximum atomic E-state index is 11.6. The molecule has 0 aliphatic carbocycles. The number of nitro groups is 1. The molecule has 25 heavy (non-hydrogen) atoms. The fourth-order valence-electron chi connectivity index (χ4n) is 2.10. The normalized spacial score (nSPS) is 10.6. The van der Waals surface area contributed by atoms with E-state index in [1.165, 1.54) is 18.2 Å². The van der Waals surface area contributed by atoms with E-state index >= 15 is 0 Å². The van der Waals surface area contributed by atoms with Crippen molar-refractivity contribution in [3.05, 3.63) is 68.0 Å². The molecule has 3 rings (SSSR count). The Morgan fingerprint density at radius 2 is 1.76 bits per heavy atom. The lowest BCUT2D eigenvalue weighted by atomic mass is 10.2. The van der Waals surface area contributed by atoms with E-state index in [-0.39, 0.29) is 23.5 Å². The van der Waals surface area contributed by atoms with Crippen molar-refractivity contribution in [3.8, 4) is 17.2 Å². The Kier molecular flexibility index (Phi) is 4.44. The molecule has 8 nitrogen and oxygen atoms in total. The average Bonchev–Trinajstić information content (AvgIpc) is 2.56. The zero-order valence-electron chi connectivity index (χ0n) is 12.5. The van der Waals surface area contributed by atoms with E-state index < -0.39 is 22.0 Å². The predicted molar refractivity (Wildman–Crippen MR) is 88.4 cm³/mol. The summed E-state index contributed by atoms with van der Waals surface area (Å²) in [5.41, 5.74) is -2.30. The summed E-state index contributed by atoms with van der Waals surface area (Å²) in [6.07, 6.45) is 0. The molecule has 0 atom stereocenters. The molecule has 0 spiro atoms. The molecule has 0 aliphatic rings. The molecule has 0 amide bonds. The number of hydrogen-bond donors (Lipinski definition) is 1. The third kappa shape index (κ3) is 3.48. The molecule has 3 aromatic rings. The van der Waals surface area contributed by atoms with Crippen molar-refractivity contribution >= 4 is 28.3 Å². The van der Waals surface area contributed by atoms with Crippen LogP contribution in [0.2, 0.25) is 5.02 Å². The van der Waals surface area contributed by atoms with Gasteiger partial charge in [0.15, 0.2) is 0 Å². The van der Waals surface area contributed by atoms with E-state index in [1.54, 1.807) is 24.3 Å². The maximum Gasteiger partial charge on any atom is 0.419 e. The lowest BCUT2D eigenvalue weighted by Crippen LogP contribution is -2.07. The van der Waals surface area contributed by atoms with E-state index in [1.807, 2.05) is 0 Å². The van der Waals surface area contributed by atoms with Gasteiger partial charge in [0.25, 0.3) is 0 Å². The number of nitrogens with zero attached hydrogens (tertiary/aromatic N) is 1. The van der Waals surface area contributed by atoms with Crippen LogP contribution in [0, 0.1) is 10.1 Å². The van der Waals surface area contributed by atoms with Gasteiger partial charge < -0.3 is 19.0 Å².